The number of aromatic nitrogens is 2. The number of anilines is 2. The molecule has 3 N–H and O–H groups in total. The van der Waals surface area contributed by atoms with Crippen molar-refractivity contribution in [1.82, 2.24) is 9.97 Å². The maximum atomic E-state index is 5.41. The third kappa shape index (κ3) is 3.14. The van der Waals surface area contributed by atoms with Crippen molar-refractivity contribution < 1.29 is 4.74 Å². The van der Waals surface area contributed by atoms with Gasteiger partial charge in [-0.25, -0.2) is 15.8 Å². The lowest BCUT2D eigenvalue weighted by molar-refractivity contribution is 0.412. The van der Waals surface area contributed by atoms with Crippen LogP contribution in [0.2, 0.25) is 0 Å². The maximum Gasteiger partial charge on any atom is 0.205 e. The number of hydrogen-bond acceptors (Lipinski definition) is 7. The van der Waals surface area contributed by atoms with Crippen LogP contribution in [0.1, 0.15) is 4.88 Å². The Hall–Kier alpha value is -1.38. The normalized spacial score (nSPS) is 10.3. The minimum atomic E-state index is 0.465. The highest BCUT2D eigenvalue weighted by Gasteiger charge is 2.15. The summed E-state index contributed by atoms with van der Waals surface area (Å²) in [5.74, 6) is 7.09. The molecule has 2 heterocycles. The molecular formula is C11H14BrN5OS. The fourth-order valence-corrected chi connectivity index (χ4v) is 3.18. The largest absolute Gasteiger partial charge is 0.490 e. The van der Waals surface area contributed by atoms with E-state index in [0.29, 0.717) is 17.4 Å². The molecule has 2 aromatic heterocycles. The molecule has 0 bridgehead atoms. The summed E-state index contributed by atoms with van der Waals surface area (Å²) >= 11 is 5.13. The number of ether oxygens (including phenoxy) is 1. The molecule has 0 amide bonds. The first kappa shape index (κ1) is 14.0. The van der Waals surface area contributed by atoms with E-state index in [-0.39, 0.29) is 0 Å². The second kappa shape index (κ2) is 6.18. The van der Waals surface area contributed by atoms with E-state index in [0.717, 1.165) is 11.0 Å². The molecule has 0 fully saturated rings. The first-order valence-corrected chi connectivity index (χ1v) is 7.12. The van der Waals surface area contributed by atoms with Crippen molar-refractivity contribution >= 4 is 38.9 Å². The van der Waals surface area contributed by atoms with Crippen molar-refractivity contribution in [2.24, 2.45) is 5.84 Å². The Morgan fingerprint density at radius 2 is 2.32 bits per heavy atom. The molecule has 0 spiro atoms. The molecular weight excluding hydrogens is 330 g/mol. The molecule has 6 nitrogen and oxygen atoms in total. The lowest BCUT2D eigenvalue weighted by Crippen LogP contribution is -2.20. The van der Waals surface area contributed by atoms with Crippen molar-refractivity contribution in [2.45, 2.75) is 6.54 Å². The van der Waals surface area contributed by atoms with Crippen molar-refractivity contribution in [2.75, 3.05) is 24.5 Å². The molecule has 0 aromatic carbocycles. The minimum Gasteiger partial charge on any atom is -0.490 e. The molecule has 0 saturated carbocycles. The standard InChI is InChI=1S/C11H14BrN5OS/c1-17(4-8-3-7(12)5-19-8)11-9(18-2)10(16-13)14-6-15-11/h3,5-6H,4,13H2,1-2H3,(H,14,15,16). The van der Waals surface area contributed by atoms with Gasteiger partial charge in [-0.05, 0) is 22.0 Å². The van der Waals surface area contributed by atoms with Gasteiger partial charge in [-0.15, -0.1) is 11.3 Å². The number of thiophene rings is 1. The summed E-state index contributed by atoms with van der Waals surface area (Å²) < 4.78 is 6.40. The Balaban J connectivity index is 2.25. The van der Waals surface area contributed by atoms with E-state index in [9.17, 15) is 0 Å². The number of methoxy groups -OCH3 is 1. The van der Waals surface area contributed by atoms with Gasteiger partial charge in [0.25, 0.3) is 0 Å². The van der Waals surface area contributed by atoms with Crippen LogP contribution in [-0.2, 0) is 6.54 Å². The van der Waals surface area contributed by atoms with Crippen LogP contribution in [0.3, 0.4) is 0 Å². The minimum absolute atomic E-state index is 0.465. The smallest absolute Gasteiger partial charge is 0.205 e. The fraction of sp³-hybridized carbons (Fsp3) is 0.273. The second-order valence-electron chi connectivity index (χ2n) is 3.81. The first-order chi connectivity index (χ1) is 9.15. The van der Waals surface area contributed by atoms with Crippen LogP contribution in [0.5, 0.6) is 5.75 Å². The number of nitrogens with two attached hydrogens (primary N) is 1. The quantitative estimate of drug-likeness (QED) is 0.640. The molecule has 8 heteroatoms. The van der Waals surface area contributed by atoms with Gasteiger partial charge in [-0.1, -0.05) is 0 Å². The average Bonchev–Trinajstić information content (AvgIpc) is 2.82. The molecule has 0 aliphatic rings. The predicted octanol–water partition coefficient (Wildman–Crippen LogP) is 2.23. The first-order valence-electron chi connectivity index (χ1n) is 5.45. The third-order valence-electron chi connectivity index (χ3n) is 2.50. The highest BCUT2D eigenvalue weighted by Crippen LogP contribution is 2.32. The van der Waals surface area contributed by atoms with Crippen molar-refractivity contribution in [3.05, 3.63) is 27.1 Å². The molecule has 2 aromatic rings. The average molecular weight is 344 g/mol. The van der Waals surface area contributed by atoms with Crippen LogP contribution in [0.25, 0.3) is 0 Å². The number of hydrogen-bond donors (Lipinski definition) is 2. The zero-order valence-corrected chi connectivity index (χ0v) is 13.0. The predicted molar refractivity (Wildman–Crippen MR) is 80.5 cm³/mol. The summed E-state index contributed by atoms with van der Waals surface area (Å²) in [5.41, 5.74) is 2.50. The van der Waals surface area contributed by atoms with Gasteiger partial charge in [0.05, 0.1) is 13.7 Å². The monoisotopic (exact) mass is 343 g/mol. The van der Waals surface area contributed by atoms with E-state index in [1.807, 2.05) is 17.3 Å². The molecule has 0 saturated heterocycles. The summed E-state index contributed by atoms with van der Waals surface area (Å²) in [4.78, 5) is 11.5. The number of nitrogens with zero attached hydrogens (tertiary/aromatic N) is 3. The van der Waals surface area contributed by atoms with E-state index in [4.69, 9.17) is 10.6 Å². The summed E-state index contributed by atoms with van der Waals surface area (Å²) in [7, 11) is 3.51. The molecule has 0 aliphatic carbocycles. The molecule has 0 atom stereocenters. The van der Waals surface area contributed by atoms with Gasteiger partial charge >= 0.3 is 0 Å². The summed E-state index contributed by atoms with van der Waals surface area (Å²) in [5, 5.41) is 2.05. The number of nitrogen functional groups attached to an aromatic ring is 1. The second-order valence-corrected chi connectivity index (χ2v) is 5.72. The lowest BCUT2D eigenvalue weighted by Gasteiger charge is -2.20. The molecule has 0 aliphatic heterocycles. The van der Waals surface area contributed by atoms with Gasteiger partial charge in [-0.2, -0.15) is 0 Å². The lowest BCUT2D eigenvalue weighted by atomic mass is 10.4. The van der Waals surface area contributed by atoms with E-state index in [2.05, 4.69) is 37.4 Å². The highest BCUT2D eigenvalue weighted by molar-refractivity contribution is 9.10. The van der Waals surface area contributed by atoms with Crippen LogP contribution in [-0.4, -0.2) is 24.1 Å². The molecule has 19 heavy (non-hydrogen) atoms. The Morgan fingerprint density at radius 1 is 1.53 bits per heavy atom. The van der Waals surface area contributed by atoms with Crippen molar-refractivity contribution in [3.8, 4) is 5.75 Å². The highest BCUT2D eigenvalue weighted by atomic mass is 79.9. The summed E-state index contributed by atoms with van der Waals surface area (Å²) in [6.07, 6.45) is 1.45. The SMILES string of the molecule is COc1c(NN)ncnc1N(C)Cc1cc(Br)cs1. The van der Waals surface area contributed by atoms with Gasteiger partial charge in [0.15, 0.2) is 11.6 Å². The van der Waals surface area contributed by atoms with Crippen LogP contribution in [0.15, 0.2) is 22.2 Å². The summed E-state index contributed by atoms with van der Waals surface area (Å²) in [6.45, 7) is 0.730. The maximum absolute atomic E-state index is 5.41. The van der Waals surface area contributed by atoms with E-state index in [1.54, 1.807) is 18.4 Å². The Bertz CT molecular complexity index is 562. The van der Waals surface area contributed by atoms with Crippen LogP contribution < -0.4 is 20.9 Å². The Labute approximate surface area is 123 Å². The third-order valence-corrected chi connectivity index (χ3v) is 4.18. The number of nitrogens with one attached hydrogen (secondary N) is 1. The molecule has 0 unspecified atom stereocenters. The Morgan fingerprint density at radius 3 is 2.89 bits per heavy atom. The van der Waals surface area contributed by atoms with E-state index in [1.165, 1.54) is 11.2 Å². The zero-order chi connectivity index (χ0) is 13.8. The number of hydrazine groups is 1. The van der Waals surface area contributed by atoms with Gasteiger partial charge in [-0.3, -0.25) is 0 Å². The van der Waals surface area contributed by atoms with Gasteiger partial charge < -0.3 is 15.1 Å². The van der Waals surface area contributed by atoms with Crippen LogP contribution >= 0.6 is 27.3 Å². The molecule has 0 radical (unpaired) electrons. The van der Waals surface area contributed by atoms with Crippen LogP contribution in [0.4, 0.5) is 11.6 Å². The topological polar surface area (TPSA) is 76.3 Å². The fourth-order valence-electron chi connectivity index (χ4n) is 1.67. The van der Waals surface area contributed by atoms with Crippen molar-refractivity contribution in [1.29, 1.82) is 0 Å². The number of halogens is 1. The summed E-state index contributed by atoms with van der Waals surface area (Å²) in [6, 6.07) is 2.08. The Kier molecular flexibility index (Phi) is 4.56. The van der Waals surface area contributed by atoms with Crippen molar-refractivity contribution in [3.63, 3.8) is 0 Å². The van der Waals surface area contributed by atoms with Crippen LogP contribution in [0, 0.1) is 0 Å². The molecule has 2 rings (SSSR count). The van der Waals surface area contributed by atoms with Gasteiger partial charge in [0.1, 0.15) is 6.33 Å². The molecule has 102 valence electrons. The zero-order valence-electron chi connectivity index (χ0n) is 10.6. The van der Waals surface area contributed by atoms with E-state index >= 15 is 0 Å². The number of rotatable bonds is 5. The van der Waals surface area contributed by atoms with E-state index < -0.39 is 0 Å². The van der Waals surface area contributed by atoms with Gasteiger partial charge in [0, 0.05) is 21.8 Å². The van der Waals surface area contributed by atoms with Gasteiger partial charge in [0.2, 0.25) is 5.75 Å².